The fourth-order valence-electron chi connectivity index (χ4n) is 4.00. The molecular weight excluding hydrogens is 442 g/mol. The number of rotatable bonds is 2. The van der Waals surface area contributed by atoms with Crippen molar-refractivity contribution in [2.24, 2.45) is 0 Å². The van der Waals surface area contributed by atoms with E-state index >= 15 is 0 Å². The summed E-state index contributed by atoms with van der Waals surface area (Å²) in [4.78, 5) is 28.6. The summed E-state index contributed by atoms with van der Waals surface area (Å²) in [6.07, 6.45) is -4.40. The molecule has 2 heterocycles. The van der Waals surface area contributed by atoms with Gasteiger partial charge >= 0.3 is 18.0 Å². The first-order chi connectivity index (χ1) is 15.3. The van der Waals surface area contributed by atoms with Gasteiger partial charge < -0.3 is 14.6 Å². The van der Waals surface area contributed by atoms with E-state index in [2.05, 4.69) is 4.98 Å². The second-order valence-corrected chi connectivity index (χ2v) is 9.12. The smallest absolute Gasteiger partial charge is 0.416 e. The molecule has 1 aliphatic heterocycles. The number of nitrogens with zero attached hydrogens (tertiary/aromatic N) is 2. The van der Waals surface area contributed by atoms with Gasteiger partial charge in [-0.15, -0.1) is 0 Å². The lowest BCUT2D eigenvalue weighted by Crippen LogP contribution is -2.35. The van der Waals surface area contributed by atoms with Crippen molar-refractivity contribution in [1.82, 2.24) is 14.5 Å². The number of amides is 1. The van der Waals surface area contributed by atoms with Crippen molar-refractivity contribution < 1.29 is 27.1 Å². The van der Waals surface area contributed by atoms with Crippen molar-refractivity contribution in [3.8, 4) is 5.69 Å². The van der Waals surface area contributed by atoms with E-state index in [9.17, 15) is 27.2 Å². The van der Waals surface area contributed by atoms with E-state index in [0.29, 0.717) is 24.8 Å². The van der Waals surface area contributed by atoms with Crippen molar-refractivity contribution in [2.45, 2.75) is 44.9 Å². The van der Waals surface area contributed by atoms with E-state index in [1.54, 1.807) is 49.9 Å². The minimum absolute atomic E-state index is 0.0561. The van der Waals surface area contributed by atoms with Crippen LogP contribution in [0.3, 0.4) is 0 Å². The molecule has 0 aliphatic carbocycles. The molecule has 33 heavy (non-hydrogen) atoms. The number of fused-ring (bicyclic) bond motifs is 1. The number of nitrogens with one attached hydrogen (secondary N) is 1. The molecule has 0 saturated carbocycles. The molecule has 0 radical (unpaired) electrons. The summed E-state index contributed by atoms with van der Waals surface area (Å²) in [7, 11) is 0. The van der Waals surface area contributed by atoms with Crippen LogP contribution < -0.4 is 5.69 Å². The number of carbonyl (C=O) groups is 1. The Morgan fingerprint density at radius 3 is 2.39 bits per heavy atom. The van der Waals surface area contributed by atoms with Gasteiger partial charge in [0.25, 0.3) is 0 Å². The summed E-state index contributed by atoms with van der Waals surface area (Å²) in [6.45, 7) is 6.41. The van der Waals surface area contributed by atoms with Crippen LogP contribution in [0.15, 0.2) is 41.2 Å². The Balaban J connectivity index is 1.61. The first-order valence-electron chi connectivity index (χ1n) is 10.4. The predicted octanol–water partition coefficient (Wildman–Crippen LogP) is 5.20. The minimum Gasteiger partial charge on any atom is -0.444 e. The highest BCUT2D eigenvalue weighted by Crippen LogP contribution is 2.33. The molecule has 1 aliphatic rings. The van der Waals surface area contributed by atoms with Crippen LogP contribution in [-0.4, -0.2) is 39.2 Å². The number of H-pyrrole nitrogens is 1. The molecule has 6 nitrogen and oxygen atoms in total. The number of benzene rings is 2. The van der Waals surface area contributed by atoms with Gasteiger partial charge in [0.2, 0.25) is 0 Å². The number of aromatic amines is 1. The molecule has 1 fully saturated rings. The van der Waals surface area contributed by atoms with Gasteiger partial charge in [-0.3, -0.25) is 4.57 Å². The molecule has 3 aromatic rings. The molecule has 176 valence electrons. The van der Waals surface area contributed by atoms with Gasteiger partial charge in [0.1, 0.15) is 16.9 Å². The first kappa shape index (κ1) is 22.9. The molecule has 4 rings (SSSR count). The Morgan fingerprint density at radius 1 is 1.12 bits per heavy atom. The van der Waals surface area contributed by atoms with E-state index in [4.69, 9.17) is 4.74 Å². The van der Waals surface area contributed by atoms with E-state index in [-0.39, 0.29) is 23.0 Å². The van der Waals surface area contributed by atoms with Gasteiger partial charge in [-0.2, -0.15) is 13.2 Å². The van der Waals surface area contributed by atoms with Crippen LogP contribution in [0.1, 0.15) is 44.2 Å². The van der Waals surface area contributed by atoms with Crippen molar-refractivity contribution >= 4 is 17.1 Å². The Bertz CT molecular complexity index is 1250. The van der Waals surface area contributed by atoms with E-state index < -0.39 is 28.8 Å². The van der Waals surface area contributed by atoms with Crippen LogP contribution in [0, 0.1) is 5.82 Å². The van der Waals surface area contributed by atoms with Crippen LogP contribution in [0.2, 0.25) is 0 Å². The number of ether oxygens (including phenoxy) is 1. The topological polar surface area (TPSA) is 67.3 Å². The van der Waals surface area contributed by atoms with Crippen molar-refractivity contribution in [2.75, 3.05) is 13.1 Å². The van der Waals surface area contributed by atoms with Crippen molar-refractivity contribution in [3.05, 3.63) is 63.8 Å². The average molecular weight is 465 g/mol. The van der Waals surface area contributed by atoms with Crippen LogP contribution in [-0.2, 0) is 10.9 Å². The van der Waals surface area contributed by atoms with Crippen molar-refractivity contribution in [1.29, 1.82) is 0 Å². The summed E-state index contributed by atoms with van der Waals surface area (Å²) in [6, 6.07) is 7.82. The molecule has 1 N–H and O–H groups in total. The fraction of sp³-hybridized carbons (Fsp3) is 0.391. The lowest BCUT2D eigenvalue weighted by Gasteiger charge is -2.24. The molecule has 10 heteroatoms. The highest BCUT2D eigenvalue weighted by Gasteiger charge is 2.33. The molecular formula is C23H23F4N3O3. The number of imidazole rings is 1. The molecule has 0 bridgehead atoms. The van der Waals surface area contributed by atoms with E-state index in [1.165, 1.54) is 0 Å². The summed E-state index contributed by atoms with van der Waals surface area (Å²) in [5.74, 6) is -1.10. The lowest BCUT2D eigenvalue weighted by atomic mass is 9.98. The SMILES string of the molecule is CC(C)(C)OC(=O)N1CCC(c2ccc(-n3c(=O)[nH]c4c(F)cc(C(F)(F)F)cc43)cc2)C1. The quantitative estimate of drug-likeness (QED) is 0.529. The third-order valence-electron chi connectivity index (χ3n) is 5.54. The molecule has 1 saturated heterocycles. The Morgan fingerprint density at radius 2 is 1.79 bits per heavy atom. The third-order valence-corrected chi connectivity index (χ3v) is 5.54. The van der Waals surface area contributed by atoms with Crippen LogP contribution in [0.25, 0.3) is 16.7 Å². The molecule has 0 spiro atoms. The number of alkyl halides is 3. The minimum atomic E-state index is -4.75. The number of hydrogen-bond donors (Lipinski definition) is 1. The van der Waals surface area contributed by atoms with E-state index in [1.807, 2.05) is 0 Å². The monoisotopic (exact) mass is 465 g/mol. The van der Waals surface area contributed by atoms with Gasteiger partial charge in [-0.25, -0.2) is 14.0 Å². The Kier molecular flexibility index (Phi) is 5.50. The number of carbonyl (C=O) groups excluding carboxylic acids is 1. The zero-order valence-corrected chi connectivity index (χ0v) is 18.3. The second-order valence-electron chi connectivity index (χ2n) is 9.12. The lowest BCUT2D eigenvalue weighted by molar-refractivity contribution is -0.137. The summed E-state index contributed by atoms with van der Waals surface area (Å²) in [5.41, 5.74) is -1.78. The van der Waals surface area contributed by atoms with Gasteiger partial charge in [0.15, 0.2) is 0 Å². The molecule has 2 aromatic carbocycles. The van der Waals surface area contributed by atoms with Crippen LogP contribution >= 0.6 is 0 Å². The Hall–Kier alpha value is -3.30. The number of likely N-dealkylation sites (tertiary alicyclic amines) is 1. The van der Waals surface area contributed by atoms with Gasteiger partial charge in [-0.1, -0.05) is 12.1 Å². The van der Waals surface area contributed by atoms with Gasteiger partial charge in [0.05, 0.1) is 16.8 Å². The highest BCUT2D eigenvalue weighted by atomic mass is 19.4. The molecule has 1 atom stereocenters. The normalized spacial score (nSPS) is 17.1. The van der Waals surface area contributed by atoms with Crippen LogP contribution in [0.4, 0.5) is 22.4 Å². The number of aromatic nitrogens is 2. The fourth-order valence-corrected chi connectivity index (χ4v) is 4.00. The van der Waals surface area contributed by atoms with Crippen molar-refractivity contribution in [3.63, 3.8) is 0 Å². The zero-order chi connectivity index (χ0) is 24.1. The maximum atomic E-state index is 14.2. The maximum Gasteiger partial charge on any atom is 0.416 e. The highest BCUT2D eigenvalue weighted by molar-refractivity contribution is 5.79. The third kappa shape index (κ3) is 4.60. The standard InChI is InChI=1S/C23H23F4N3O3/c1-22(2,3)33-21(32)29-9-8-14(12-29)13-4-6-16(7-5-13)30-18-11-15(23(25,26)27)10-17(24)19(18)28-20(30)31/h4-7,10-11,14H,8-9,12H2,1-3H3,(H,28,31). The average Bonchev–Trinajstić information content (AvgIpc) is 3.31. The zero-order valence-electron chi connectivity index (χ0n) is 18.3. The van der Waals surface area contributed by atoms with Crippen LogP contribution in [0.5, 0.6) is 0 Å². The summed E-state index contributed by atoms with van der Waals surface area (Å²) >= 11 is 0. The molecule has 1 amide bonds. The number of halogens is 4. The number of hydrogen-bond acceptors (Lipinski definition) is 3. The second kappa shape index (κ2) is 7.93. The summed E-state index contributed by atoms with van der Waals surface area (Å²) < 4.78 is 60.1. The molecule has 1 unspecified atom stereocenters. The molecule has 1 aromatic heterocycles. The predicted molar refractivity (Wildman–Crippen MR) is 114 cm³/mol. The van der Waals surface area contributed by atoms with Gasteiger partial charge in [-0.05, 0) is 57.0 Å². The first-order valence-corrected chi connectivity index (χ1v) is 10.4. The maximum absolute atomic E-state index is 14.2. The van der Waals surface area contributed by atoms with E-state index in [0.717, 1.165) is 22.6 Å². The largest absolute Gasteiger partial charge is 0.444 e. The van der Waals surface area contributed by atoms with Gasteiger partial charge in [0, 0.05) is 19.0 Å². The Labute approximate surface area is 186 Å². The summed E-state index contributed by atoms with van der Waals surface area (Å²) in [5, 5.41) is 0.